The van der Waals surface area contributed by atoms with Gasteiger partial charge in [-0.15, -0.1) is 0 Å². The van der Waals surface area contributed by atoms with E-state index in [0.717, 1.165) is 17.7 Å². The number of carbonyl (C=O) groups excluding carboxylic acids is 1. The van der Waals surface area contributed by atoms with E-state index in [1.54, 1.807) is 12.1 Å². The zero-order chi connectivity index (χ0) is 27.3. The third-order valence-electron chi connectivity index (χ3n) is 7.41. The van der Waals surface area contributed by atoms with Gasteiger partial charge in [0, 0.05) is 18.0 Å². The van der Waals surface area contributed by atoms with Crippen molar-refractivity contribution >= 4 is 11.9 Å². The van der Waals surface area contributed by atoms with Crippen molar-refractivity contribution in [3.63, 3.8) is 0 Å². The summed E-state index contributed by atoms with van der Waals surface area (Å²) in [6.07, 6.45) is 12.4. The Labute approximate surface area is 222 Å². The van der Waals surface area contributed by atoms with E-state index >= 15 is 0 Å². The van der Waals surface area contributed by atoms with Crippen molar-refractivity contribution in [2.24, 2.45) is 29.1 Å². The molecule has 0 fully saturated rings. The number of allylic oxidation sites excluding steroid dienone is 7. The fraction of sp³-hybridized carbons (Fsp3) is 0.500. The first kappa shape index (κ1) is 28.5. The van der Waals surface area contributed by atoms with Crippen molar-refractivity contribution < 1.29 is 19.4 Å². The van der Waals surface area contributed by atoms with Crippen molar-refractivity contribution in [2.45, 2.75) is 67.4 Å². The molecule has 1 aromatic carbocycles. The molecule has 0 heterocycles. The summed E-state index contributed by atoms with van der Waals surface area (Å²) >= 11 is 0. The zero-order valence-corrected chi connectivity index (χ0v) is 23.4. The lowest BCUT2D eigenvalue weighted by atomic mass is 9.72. The van der Waals surface area contributed by atoms with Gasteiger partial charge in [0.1, 0.15) is 11.9 Å². The van der Waals surface area contributed by atoms with Gasteiger partial charge in [0.2, 0.25) is 0 Å². The van der Waals surface area contributed by atoms with E-state index in [9.17, 15) is 9.59 Å². The van der Waals surface area contributed by atoms with Gasteiger partial charge in [-0.3, -0.25) is 9.59 Å². The minimum atomic E-state index is -0.935. The predicted molar refractivity (Wildman–Crippen MR) is 149 cm³/mol. The molecular formula is C32H43NO4. The first-order valence-electron chi connectivity index (χ1n) is 13.4. The van der Waals surface area contributed by atoms with Crippen LogP contribution in [0.15, 0.2) is 71.6 Å². The van der Waals surface area contributed by atoms with Crippen LogP contribution in [0.1, 0.15) is 83.3 Å². The van der Waals surface area contributed by atoms with Gasteiger partial charge in [-0.1, -0.05) is 77.5 Å². The summed E-state index contributed by atoms with van der Waals surface area (Å²) in [4.78, 5) is 23.0. The normalized spacial score (nSPS) is 22.6. The Morgan fingerprint density at radius 2 is 1.84 bits per heavy atom. The van der Waals surface area contributed by atoms with Crippen LogP contribution in [0, 0.1) is 29.1 Å². The number of benzene rings is 1. The van der Waals surface area contributed by atoms with E-state index in [0.29, 0.717) is 23.3 Å². The number of carboxylic acids is 1. The van der Waals surface area contributed by atoms with E-state index in [4.69, 9.17) is 9.84 Å². The van der Waals surface area contributed by atoms with Crippen LogP contribution in [0.2, 0.25) is 0 Å². The molecule has 0 aromatic heterocycles. The molecule has 4 atom stereocenters. The molecule has 4 unspecified atom stereocenters. The molecule has 2 aliphatic carbocycles. The lowest BCUT2D eigenvalue weighted by molar-refractivity contribution is -0.136. The Bertz CT molecular complexity index is 1100. The minimum Gasteiger partial charge on any atom is -0.486 e. The molecule has 3 rings (SSSR count). The van der Waals surface area contributed by atoms with Crippen molar-refractivity contribution in [1.29, 1.82) is 0 Å². The van der Waals surface area contributed by atoms with Crippen molar-refractivity contribution in [3.05, 3.63) is 82.7 Å². The van der Waals surface area contributed by atoms with Gasteiger partial charge < -0.3 is 15.2 Å². The second-order valence-corrected chi connectivity index (χ2v) is 11.9. The average Bonchev–Trinajstić information content (AvgIpc) is 2.81. The number of carbonyl (C=O) groups is 2. The molecule has 37 heavy (non-hydrogen) atoms. The molecule has 5 heteroatoms. The van der Waals surface area contributed by atoms with Crippen molar-refractivity contribution in [3.8, 4) is 0 Å². The van der Waals surface area contributed by atoms with Crippen LogP contribution >= 0.6 is 0 Å². The molecule has 0 radical (unpaired) electrons. The first-order chi connectivity index (χ1) is 17.4. The van der Waals surface area contributed by atoms with Gasteiger partial charge in [0.15, 0.2) is 0 Å². The summed E-state index contributed by atoms with van der Waals surface area (Å²) in [6, 6.07) is 7.39. The van der Waals surface area contributed by atoms with Crippen molar-refractivity contribution in [2.75, 3.05) is 6.54 Å². The molecule has 1 aromatic rings. The summed E-state index contributed by atoms with van der Waals surface area (Å²) in [6.45, 7) is 15.7. The Kier molecular flexibility index (Phi) is 9.22. The quantitative estimate of drug-likeness (QED) is 0.371. The van der Waals surface area contributed by atoms with Crippen molar-refractivity contribution in [1.82, 2.24) is 5.32 Å². The fourth-order valence-corrected chi connectivity index (χ4v) is 5.23. The van der Waals surface area contributed by atoms with Crippen LogP contribution in [0.25, 0.3) is 0 Å². The monoisotopic (exact) mass is 505 g/mol. The Balaban J connectivity index is 1.69. The standard InChI is InChI=1S/C32H43NO4/c1-20(2)30(24-8-10-25(11-9-24)31(36)33-17-16-28(34)35)37-27-18-21(3)29(22(4)19-27)23-12-14-26(15-13-23)32(5,6)7/h8-14,18-21,26,29-30H,15-17H2,1-7H3,(H,33,36)(H,34,35). The number of hydrogen-bond acceptors (Lipinski definition) is 3. The van der Waals surface area contributed by atoms with Crippen LogP contribution in [-0.4, -0.2) is 23.5 Å². The third kappa shape index (κ3) is 7.47. The summed E-state index contributed by atoms with van der Waals surface area (Å²) < 4.78 is 6.55. The number of rotatable bonds is 9. The van der Waals surface area contributed by atoms with E-state index in [-0.39, 0.29) is 36.3 Å². The molecule has 0 bridgehead atoms. The highest BCUT2D eigenvalue weighted by Crippen LogP contribution is 2.41. The smallest absolute Gasteiger partial charge is 0.305 e. The highest BCUT2D eigenvalue weighted by molar-refractivity contribution is 5.94. The fourth-order valence-electron chi connectivity index (χ4n) is 5.23. The van der Waals surface area contributed by atoms with E-state index < -0.39 is 5.97 Å². The van der Waals surface area contributed by atoms with Crippen LogP contribution in [0.5, 0.6) is 0 Å². The molecule has 0 aliphatic heterocycles. The summed E-state index contributed by atoms with van der Waals surface area (Å²) in [5, 5.41) is 11.4. The molecule has 5 nitrogen and oxygen atoms in total. The molecule has 1 amide bonds. The maximum Gasteiger partial charge on any atom is 0.305 e. The maximum atomic E-state index is 12.3. The Morgan fingerprint density at radius 1 is 1.16 bits per heavy atom. The van der Waals surface area contributed by atoms with Crippen LogP contribution in [0.3, 0.4) is 0 Å². The molecule has 0 spiro atoms. The topological polar surface area (TPSA) is 75.6 Å². The number of carboxylic acid groups (broad SMARTS) is 1. The second kappa shape index (κ2) is 12.0. The summed E-state index contributed by atoms with van der Waals surface area (Å²) in [5.74, 6) is 1.17. The Hall–Kier alpha value is -3.08. The first-order valence-corrected chi connectivity index (χ1v) is 13.4. The van der Waals surface area contributed by atoms with Gasteiger partial charge in [-0.05, 0) is 71.9 Å². The number of hydrogen-bond donors (Lipinski definition) is 2. The van der Waals surface area contributed by atoms with E-state index in [1.165, 1.54) is 11.1 Å². The third-order valence-corrected chi connectivity index (χ3v) is 7.41. The van der Waals surface area contributed by atoms with E-state index in [2.05, 4.69) is 84.2 Å². The van der Waals surface area contributed by atoms with Gasteiger partial charge >= 0.3 is 5.97 Å². The predicted octanol–water partition coefficient (Wildman–Crippen LogP) is 7.25. The zero-order valence-electron chi connectivity index (χ0n) is 23.4. The average molecular weight is 506 g/mol. The number of nitrogens with one attached hydrogen (secondary N) is 1. The molecule has 2 N–H and O–H groups in total. The highest BCUT2D eigenvalue weighted by Gasteiger charge is 2.30. The lowest BCUT2D eigenvalue weighted by Crippen LogP contribution is -2.26. The van der Waals surface area contributed by atoms with Gasteiger partial charge in [-0.25, -0.2) is 0 Å². The van der Waals surface area contributed by atoms with Crippen LogP contribution in [0.4, 0.5) is 0 Å². The minimum absolute atomic E-state index is 0.0978. The van der Waals surface area contributed by atoms with E-state index in [1.807, 2.05) is 12.1 Å². The highest BCUT2D eigenvalue weighted by atomic mass is 16.5. The second-order valence-electron chi connectivity index (χ2n) is 11.9. The van der Waals surface area contributed by atoms with Gasteiger partial charge in [-0.2, -0.15) is 0 Å². The summed E-state index contributed by atoms with van der Waals surface area (Å²) in [7, 11) is 0. The van der Waals surface area contributed by atoms with Crippen LogP contribution in [-0.2, 0) is 9.53 Å². The van der Waals surface area contributed by atoms with Gasteiger partial charge in [0.25, 0.3) is 5.91 Å². The molecule has 2 aliphatic rings. The molecular weight excluding hydrogens is 462 g/mol. The number of amides is 1. The summed E-state index contributed by atoms with van der Waals surface area (Å²) in [5.41, 5.74) is 4.49. The molecule has 200 valence electrons. The molecule has 0 saturated heterocycles. The number of aliphatic carboxylic acids is 1. The Morgan fingerprint density at radius 3 is 2.35 bits per heavy atom. The largest absolute Gasteiger partial charge is 0.486 e. The number of ether oxygens (including phenoxy) is 1. The van der Waals surface area contributed by atoms with Gasteiger partial charge in [0.05, 0.1) is 6.42 Å². The SMILES string of the molecule is CC1=CC(OC(c2ccc(C(=O)NCCC(=O)O)cc2)C(C)C)=CC(C)C1C1=CCC(C(C)(C)C)C=C1. The lowest BCUT2D eigenvalue weighted by Gasteiger charge is -2.34. The van der Waals surface area contributed by atoms with Crippen LogP contribution < -0.4 is 5.32 Å². The maximum absolute atomic E-state index is 12.3. The molecule has 0 saturated carbocycles.